The highest BCUT2D eigenvalue weighted by molar-refractivity contribution is 7.13. The Labute approximate surface area is 166 Å². The van der Waals surface area contributed by atoms with Crippen LogP contribution in [0.15, 0.2) is 48.5 Å². The van der Waals surface area contributed by atoms with Crippen molar-refractivity contribution < 1.29 is 18.7 Å². The van der Waals surface area contributed by atoms with Crippen molar-refractivity contribution in [2.45, 2.75) is 26.0 Å². The highest BCUT2D eigenvalue weighted by Gasteiger charge is 2.25. The van der Waals surface area contributed by atoms with E-state index in [1.54, 1.807) is 12.1 Å². The summed E-state index contributed by atoms with van der Waals surface area (Å²) in [6.45, 7) is 2.61. The van der Waals surface area contributed by atoms with Crippen molar-refractivity contribution >= 4 is 17.2 Å². The van der Waals surface area contributed by atoms with Gasteiger partial charge in [-0.1, -0.05) is 18.2 Å². The molecule has 28 heavy (non-hydrogen) atoms. The summed E-state index contributed by atoms with van der Waals surface area (Å²) >= 11 is 1.31. The number of nitrogens with one attached hydrogen (secondary N) is 1. The van der Waals surface area contributed by atoms with Gasteiger partial charge in [-0.2, -0.15) is 0 Å². The maximum Gasteiger partial charge on any atom is 0.263 e. The van der Waals surface area contributed by atoms with E-state index in [9.17, 15) is 9.18 Å². The number of nitrogens with zero attached hydrogens (tertiary/aromatic N) is 1. The molecule has 1 amide bonds. The van der Waals surface area contributed by atoms with Crippen LogP contribution in [0.4, 0.5) is 4.39 Å². The second kappa shape index (κ2) is 7.98. The molecule has 0 radical (unpaired) electrons. The molecule has 4 rings (SSSR count). The minimum Gasteiger partial charge on any atom is -0.493 e. The number of benzene rings is 2. The molecular formula is C21H19FN2O3S. The van der Waals surface area contributed by atoms with Gasteiger partial charge in [0.05, 0.1) is 18.3 Å². The third-order valence-corrected chi connectivity index (χ3v) is 5.62. The number of para-hydroxylation sites is 1. The van der Waals surface area contributed by atoms with Crippen LogP contribution in [0.2, 0.25) is 0 Å². The number of aryl methyl sites for hydroxylation is 1. The van der Waals surface area contributed by atoms with Crippen molar-refractivity contribution in [3.8, 4) is 11.5 Å². The van der Waals surface area contributed by atoms with Gasteiger partial charge in [-0.15, -0.1) is 11.3 Å². The van der Waals surface area contributed by atoms with Crippen LogP contribution in [-0.2, 0) is 6.61 Å². The molecule has 0 saturated carbocycles. The molecule has 1 aromatic heterocycles. The number of hydrogen-bond acceptors (Lipinski definition) is 5. The Hall–Kier alpha value is -2.93. The molecule has 3 aromatic rings. The first kappa shape index (κ1) is 18.4. The first-order valence-corrected chi connectivity index (χ1v) is 9.79. The van der Waals surface area contributed by atoms with E-state index in [-0.39, 0.29) is 24.4 Å². The summed E-state index contributed by atoms with van der Waals surface area (Å²) in [6, 6.07) is 13.5. The lowest BCUT2D eigenvalue weighted by Crippen LogP contribution is -2.32. The Kier molecular flexibility index (Phi) is 5.25. The summed E-state index contributed by atoms with van der Waals surface area (Å²) in [4.78, 5) is 17.8. The lowest BCUT2D eigenvalue weighted by molar-refractivity contribution is 0.0928. The number of halogens is 1. The van der Waals surface area contributed by atoms with Gasteiger partial charge in [-0.3, -0.25) is 4.79 Å². The third kappa shape index (κ3) is 3.99. The van der Waals surface area contributed by atoms with Gasteiger partial charge in [0, 0.05) is 12.0 Å². The van der Waals surface area contributed by atoms with Gasteiger partial charge in [0.25, 0.3) is 5.91 Å². The van der Waals surface area contributed by atoms with Crippen molar-refractivity contribution in [2.24, 2.45) is 0 Å². The Morgan fingerprint density at radius 2 is 2.07 bits per heavy atom. The van der Waals surface area contributed by atoms with E-state index in [1.165, 1.54) is 23.5 Å². The highest BCUT2D eigenvalue weighted by Crippen LogP contribution is 2.32. The maximum absolute atomic E-state index is 13.0. The Balaban J connectivity index is 1.43. The average molecular weight is 398 g/mol. The van der Waals surface area contributed by atoms with Crippen molar-refractivity contribution in [3.63, 3.8) is 0 Å². The van der Waals surface area contributed by atoms with Gasteiger partial charge in [0.2, 0.25) is 0 Å². The number of rotatable bonds is 5. The SMILES string of the molecule is Cc1nc(COc2ccc(F)cc2)sc1C(=O)N[C@@H]1CCOc2ccccc21. The lowest BCUT2D eigenvalue weighted by Gasteiger charge is -2.26. The number of ether oxygens (including phenoxy) is 2. The molecule has 1 atom stereocenters. The van der Waals surface area contributed by atoms with Gasteiger partial charge < -0.3 is 14.8 Å². The predicted octanol–water partition coefficient (Wildman–Crippen LogP) is 4.42. The van der Waals surface area contributed by atoms with Crippen LogP contribution in [-0.4, -0.2) is 17.5 Å². The Morgan fingerprint density at radius 3 is 2.89 bits per heavy atom. The molecular weight excluding hydrogens is 379 g/mol. The van der Waals surface area contributed by atoms with Crippen molar-refractivity contribution in [3.05, 3.63) is 75.5 Å². The van der Waals surface area contributed by atoms with E-state index in [0.29, 0.717) is 27.9 Å². The van der Waals surface area contributed by atoms with E-state index >= 15 is 0 Å². The van der Waals surface area contributed by atoms with Crippen LogP contribution < -0.4 is 14.8 Å². The predicted molar refractivity (Wildman–Crippen MR) is 104 cm³/mol. The fourth-order valence-electron chi connectivity index (χ4n) is 3.12. The topological polar surface area (TPSA) is 60.5 Å². The monoisotopic (exact) mass is 398 g/mol. The fourth-order valence-corrected chi connectivity index (χ4v) is 4.00. The van der Waals surface area contributed by atoms with Crippen LogP contribution in [0.25, 0.3) is 0 Å². The first-order chi connectivity index (χ1) is 13.6. The fraction of sp³-hybridized carbons (Fsp3) is 0.238. The summed E-state index contributed by atoms with van der Waals surface area (Å²) in [5.41, 5.74) is 1.66. The quantitative estimate of drug-likeness (QED) is 0.691. The molecule has 0 fully saturated rings. The number of thiazole rings is 1. The number of fused-ring (bicyclic) bond motifs is 1. The van der Waals surface area contributed by atoms with Crippen molar-refractivity contribution in [1.29, 1.82) is 0 Å². The zero-order valence-corrected chi connectivity index (χ0v) is 16.1. The van der Waals surface area contributed by atoms with Gasteiger partial charge in [-0.25, -0.2) is 9.37 Å². The maximum atomic E-state index is 13.0. The Bertz CT molecular complexity index is 988. The van der Waals surface area contributed by atoms with Crippen LogP contribution in [0.1, 0.15) is 38.4 Å². The first-order valence-electron chi connectivity index (χ1n) is 8.97. The molecule has 1 aliphatic heterocycles. The zero-order valence-electron chi connectivity index (χ0n) is 15.3. The van der Waals surface area contributed by atoms with Crippen LogP contribution in [0.3, 0.4) is 0 Å². The van der Waals surface area contributed by atoms with Crippen molar-refractivity contribution in [1.82, 2.24) is 10.3 Å². The molecule has 0 aliphatic carbocycles. The second-order valence-corrected chi connectivity index (χ2v) is 7.55. The van der Waals surface area contributed by atoms with Crippen LogP contribution >= 0.6 is 11.3 Å². The molecule has 0 unspecified atom stereocenters. The van der Waals surface area contributed by atoms with E-state index in [0.717, 1.165) is 17.7 Å². The third-order valence-electron chi connectivity index (χ3n) is 4.49. The molecule has 7 heteroatoms. The average Bonchev–Trinajstić information content (AvgIpc) is 3.08. The number of carbonyl (C=O) groups excluding carboxylic acids is 1. The standard InChI is InChI=1S/C21H19FN2O3S/c1-13-20(28-19(23-13)12-27-15-8-6-14(22)7-9-15)21(25)24-17-10-11-26-18-5-3-2-4-16(17)18/h2-9,17H,10-12H2,1H3,(H,24,25)/t17-/m1/s1. The van der Waals surface area contributed by atoms with E-state index in [4.69, 9.17) is 9.47 Å². The lowest BCUT2D eigenvalue weighted by atomic mass is 10.0. The van der Waals surface area contributed by atoms with Crippen LogP contribution in [0, 0.1) is 12.7 Å². The molecule has 5 nitrogen and oxygen atoms in total. The van der Waals surface area contributed by atoms with Gasteiger partial charge >= 0.3 is 0 Å². The molecule has 0 spiro atoms. The Morgan fingerprint density at radius 1 is 1.29 bits per heavy atom. The molecule has 144 valence electrons. The summed E-state index contributed by atoms with van der Waals surface area (Å²) in [5, 5.41) is 3.79. The molecule has 0 bridgehead atoms. The zero-order chi connectivity index (χ0) is 19.5. The smallest absolute Gasteiger partial charge is 0.263 e. The molecule has 2 heterocycles. The van der Waals surface area contributed by atoms with Crippen molar-refractivity contribution in [2.75, 3.05) is 6.61 Å². The second-order valence-electron chi connectivity index (χ2n) is 6.47. The minimum atomic E-state index is -0.314. The molecule has 1 aliphatic rings. The summed E-state index contributed by atoms with van der Waals surface area (Å²) in [5.74, 6) is 0.906. The number of carbonyl (C=O) groups is 1. The summed E-state index contributed by atoms with van der Waals surface area (Å²) in [6.07, 6.45) is 0.723. The molecule has 1 N–H and O–H groups in total. The van der Waals surface area contributed by atoms with Gasteiger partial charge in [0.1, 0.15) is 33.8 Å². The van der Waals surface area contributed by atoms with Gasteiger partial charge in [-0.05, 0) is 37.3 Å². The van der Waals surface area contributed by atoms with E-state index < -0.39 is 0 Å². The van der Waals surface area contributed by atoms with Crippen LogP contribution in [0.5, 0.6) is 11.5 Å². The molecule has 2 aromatic carbocycles. The minimum absolute atomic E-state index is 0.0853. The number of amides is 1. The number of aromatic nitrogens is 1. The van der Waals surface area contributed by atoms with E-state index in [2.05, 4.69) is 10.3 Å². The normalized spacial score (nSPS) is 15.4. The summed E-state index contributed by atoms with van der Waals surface area (Å²) in [7, 11) is 0. The largest absolute Gasteiger partial charge is 0.493 e. The van der Waals surface area contributed by atoms with Gasteiger partial charge in [0.15, 0.2) is 0 Å². The highest BCUT2D eigenvalue weighted by atomic mass is 32.1. The van der Waals surface area contributed by atoms with E-state index in [1.807, 2.05) is 31.2 Å². The molecule has 0 saturated heterocycles. The number of hydrogen-bond donors (Lipinski definition) is 1. The summed E-state index contributed by atoms with van der Waals surface area (Å²) < 4.78 is 24.2.